The first-order valence-corrected chi connectivity index (χ1v) is 10.1. The molecule has 10 heteroatoms. The highest BCUT2D eigenvalue weighted by molar-refractivity contribution is 7.89. The molecule has 0 saturated heterocycles. The van der Waals surface area contributed by atoms with Gasteiger partial charge in [-0.1, -0.05) is 17.7 Å². The van der Waals surface area contributed by atoms with Crippen LogP contribution in [0.15, 0.2) is 29.2 Å². The van der Waals surface area contributed by atoms with E-state index in [1.807, 2.05) is 13.8 Å². The van der Waals surface area contributed by atoms with Crippen LogP contribution in [0.4, 0.5) is 5.69 Å². The van der Waals surface area contributed by atoms with Crippen molar-refractivity contribution in [3.8, 4) is 0 Å². The van der Waals surface area contributed by atoms with Gasteiger partial charge in [-0.3, -0.25) is 14.3 Å². The summed E-state index contributed by atoms with van der Waals surface area (Å²) in [5.41, 5.74) is 2.96. The monoisotopic (exact) mass is 408 g/mol. The molecule has 0 bridgehead atoms. The lowest BCUT2D eigenvalue weighted by Gasteiger charge is -2.08. The van der Waals surface area contributed by atoms with Crippen molar-refractivity contribution in [3.05, 3.63) is 41.2 Å². The van der Waals surface area contributed by atoms with Crippen molar-refractivity contribution < 1.29 is 22.7 Å². The van der Waals surface area contributed by atoms with Crippen molar-refractivity contribution in [1.29, 1.82) is 0 Å². The third-order valence-corrected chi connectivity index (χ3v) is 5.57. The van der Waals surface area contributed by atoms with Crippen LogP contribution >= 0.6 is 0 Å². The third-order valence-electron chi connectivity index (χ3n) is 4.09. The number of carbonyl (C=O) groups is 2. The molecule has 28 heavy (non-hydrogen) atoms. The summed E-state index contributed by atoms with van der Waals surface area (Å²) in [5, 5.41) is 6.83. The van der Waals surface area contributed by atoms with Gasteiger partial charge in [-0.15, -0.1) is 0 Å². The van der Waals surface area contributed by atoms with Crippen LogP contribution in [0.3, 0.4) is 0 Å². The van der Waals surface area contributed by atoms with Crippen LogP contribution in [0.1, 0.15) is 23.4 Å². The standard InChI is InChI=1S/C18H24N4O5S/c1-12-5-7-15(8-6-12)28(25,26)19-10-9-17(24)27-11-16(23)20-18-13(2)21-22(4)14(18)3/h5-8,19H,9-11H2,1-4H3,(H,20,23). The van der Waals surface area contributed by atoms with E-state index in [1.54, 1.807) is 30.8 Å². The maximum atomic E-state index is 12.1. The minimum Gasteiger partial charge on any atom is -0.456 e. The maximum Gasteiger partial charge on any atom is 0.307 e. The highest BCUT2D eigenvalue weighted by Gasteiger charge is 2.16. The second kappa shape index (κ2) is 8.98. The van der Waals surface area contributed by atoms with E-state index in [1.165, 1.54) is 12.1 Å². The van der Waals surface area contributed by atoms with Crippen molar-refractivity contribution in [3.63, 3.8) is 0 Å². The van der Waals surface area contributed by atoms with E-state index in [-0.39, 0.29) is 17.9 Å². The zero-order chi connectivity index (χ0) is 20.9. The number of benzene rings is 1. The number of esters is 1. The molecule has 0 aliphatic rings. The van der Waals surface area contributed by atoms with Crippen molar-refractivity contribution in [2.45, 2.75) is 32.1 Å². The fourth-order valence-corrected chi connectivity index (χ4v) is 3.47. The molecule has 0 fully saturated rings. The Morgan fingerprint density at radius 2 is 1.79 bits per heavy atom. The highest BCUT2D eigenvalue weighted by atomic mass is 32.2. The SMILES string of the molecule is Cc1ccc(S(=O)(=O)NCCC(=O)OCC(=O)Nc2c(C)nn(C)c2C)cc1. The van der Waals surface area contributed by atoms with Gasteiger partial charge in [0.05, 0.1) is 28.4 Å². The number of hydrogen-bond donors (Lipinski definition) is 2. The summed E-state index contributed by atoms with van der Waals surface area (Å²) in [5.74, 6) is -1.17. The molecule has 0 aliphatic heterocycles. The van der Waals surface area contributed by atoms with E-state index >= 15 is 0 Å². The fraction of sp³-hybridized carbons (Fsp3) is 0.389. The highest BCUT2D eigenvalue weighted by Crippen LogP contribution is 2.18. The number of amides is 1. The predicted octanol–water partition coefficient (Wildman–Crippen LogP) is 1.20. The second-order valence-electron chi connectivity index (χ2n) is 6.34. The molecule has 1 aromatic heterocycles. The lowest BCUT2D eigenvalue weighted by Crippen LogP contribution is -2.28. The van der Waals surface area contributed by atoms with Gasteiger partial charge >= 0.3 is 5.97 Å². The van der Waals surface area contributed by atoms with Gasteiger partial charge in [-0.2, -0.15) is 5.10 Å². The van der Waals surface area contributed by atoms with E-state index in [0.717, 1.165) is 11.3 Å². The molecule has 1 aromatic carbocycles. The van der Waals surface area contributed by atoms with E-state index in [4.69, 9.17) is 4.74 Å². The normalized spacial score (nSPS) is 11.3. The average Bonchev–Trinajstić information content (AvgIpc) is 2.86. The molecule has 1 heterocycles. The lowest BCUT2D eigenvalue weighted by atomic mass is 10.2. The maximum absolute atomic E-state index is 12.1. The van der Waals surface area contributed by atoms with Gasteiger partial charge in [0.15, 0.2) is 6.61 Å². The first kappa shape index (κ1) is 21.6. The number of aromatic nitrogens is 2. The number of nitrogens with one attached hydrogen (secondary N) is 2. The number of sulfonamides is 1. The quantitative estimate of drug-likeness (QED) is 0.634. The number of nitrogens with zero attached hydrogens (tertiary/aromatic N) is 2. The van der Waals surface area contributed by atoms with E-state index in [9.17, 15) is 18.0 Å². The Bertz CT molecular complexity index is 965. The molecule has 0 radical (unpaired) electrons. The molecule has 0 unspecified atom stereocenters. The molecular weight excluding hydrogens is 384 g/mol. The molecular formula is C18H24N4O5S. The van der Waals surface area contributed by atoms with Gasteiger partial charge in [0.25, 0.3) is 5.91 Å². The largest absolute Gasteiger partial charge is 0.456 e. The zero-order valence-electron chi connectivity index (χ0n) is 16.3. The van der Waals surface area contributed by atoms with Gasteiger partial charge < -0.3 is 10.1 Å². The smallest absolute Gasteiger partial charge is 0.307 e. The number of hydrogen-bond acceptors (Lipinski definition) is 6. The summed E-state index contributed by atoms with van der Waals surface area (Å²) >= 11 is 0. The van der Waals surface area contributed by atoms with Gasteiger partial charge in [0.1, 0.15) is 0 Å². The van der Waals surface area contributed by atoms with Gasteiger partial charge in [0, 0.05) is 13.6 Å². The van der Waals surface area contributed by atoms with E-state index in [2.05, 4.69) is 15.1 Å². The fourth-order valence-electron chi connectivity index (χ4n) is 2.44. The molecule has 0 saturated carbocycles. The van der Waals surface area contributed by atoms with Gasteiger partial charge in [-0.25, -0.2) is 13.1 Å². The topological polar surface area (TPSA) is 119 Å². The van der Waals surface area contributed by atoms with Crippen LogP contribution < -0.4 is 10.0 Å². The number of anilines is 1. The molecule has 2 N–H and O–H groups in total. The summed E-state index contributed by atoms with van der Waals surface area (Å²) in [6.45, 7) is 4.83. The Hall–Kier alpha value is -2.72. The minimum atomic E-state index is -3.70. The first-order chi connectivity index (χ1) is 13.1. The van der Waals surface area contributed by atoms with Crippen LogP contribution in [-0.4, -0.2) is 43.2 Å². The molecule has 9 nitrogen and oxygen atoms in total. The molecule has 152 valence electrons. The number of carbonyl (C=O) groups excluding carboxylic acids is 2. The molecule has 0 aliphatic carbocycles. The van der Waals surface area contributed by atoms with E-state index in [0.29, 0.717) is 11.4 Å². The Balaban J connectivity index is 1.76. The van der Waals surface area contributed by atoms with Crippen molar-refractivity contribution in [2.75, 3.05) is 18.5 Å². The molecule has 0 spiro atoms. The van der Waals surface area contributed by atoms with Crippen molar-refractivity contribution in [1.82, 2.24) is 14.5 Å². The Morgan fingerprint density at radius 1 is 1.14 bits per heavy atom. The Morgan fingerprint density at radius 3 is 2.36 bits per heavy atom. The van der Waals surface area contributed by atoms with Crippen molar-refractivity contribution in [2.24, 2.45) is 7.05 Å². The van der Waals surface area contributed by atoms with Gasteiger partial charge in [-0.05, 0) is 32.9 Å². The summed E-state index contributed by atoms with van der Waals surface area (Å²) in [4.78, 5) is 23.8. The van der Waals surface area contributed by atoms with Crippen LogP contribution in [0.2, 0.25) is 0 Å². The summed E-state index contributed by atoms with van der Waals surface area (Å²) in [6.07, 6.45) is -0.191. The zero-order valence-corrected chi connectivity index (χ0v) is 17.1. The molecule has 2 aromatic rings. The lowest BCUT2D eigenvalue weighted by molar-refractivity contribution is -0.147. The number of rotatable bonds is 8. The first-order valence-electron chi connectivity index (χ1n) is 8.62. The Kier molecular flexibility index (Phi) is 6.92. The predicted molar refractivity (Wildman–Crippen MR) is 103 cm³/mol. The van der Waals surface area contributed by atoms with Crippen LogP contribution in [0.5, 0.6) is 0 Å². The molecule has 2 rings (SSSR count). The number of ether oxygens (including phenoxy) is 1. The summed E-state index contributed by atoms with van der Waals surface area (Å²) < 4.78 is 33.1. The second-order valence-corrected chi connectivity index (χ2v) is 8.11. The summed E-state index contributed by atoms with van der Waals surface area (Å²) in [7, 11) is -1.94. The summed E-state index contributed by atoms with van der Waals surface area (Å²) in [6, 6.07) is 6.35. The van der Waals surface area contributed by atoms with Gasteiger partial charge in [0.2, 0.25) is 10.0 Å². The van der Waals surface area contributed by atoms with E-state index < -0.39 is 28.5 Å². The third kappa shape index (κ3) is 5.64. The molecule has 1 amide bonds. The number of aryl methyl sites for hydroxylation is 3. The molecule has 0 atom stereocenters. The Labute approximate surface area is 164 Å². The van der Waals surface area contributed by atoms with Crippen molar-refractivity contribution >= 4 is 27.6 Å². The van der Waals surface area contributed by atoms with Crippen LogP contribution in [0, 0.1) is 20.8 Å². The average molecular weight is 408 g/mol. The van der Waals surface area contributed by atoms with Crippen LogP contribution in [0.25, 0.3) is 0 Å². The van der Waals surface area contributed by atoms with Crippen LogP contribution in [-0.2, 0) is 31.4 Å². The minimum absolute atomic E-state index is 0.119.